The number of carboxylic acids is 1. The molecule has 2 aromatic rings. The minimum absolute atomic E-state index is 0.0174. The summed E-state index contributed by atoms with van der Waals surface area (Å²) in [6.45, 7) is 0. The van der Waals surface area contributed by atoms with Crippen molar-refractivity contribution < 1.29 is 25.2 Å². The molecule has 5 heteroatoms. The number of phenolic OH excluding ortho intramolecular Hbond substituents is 1. The van der Waals surface area contributed by atoms with Gasteiger partial charge in [0.05, 0.1) is 5.56 Å². The lowest BCUT2D eigenvalue weighted by Crippen LogP contribution is -2.19. The van der Waals surface area contributed by atoms with E-state index in [0.717, 1.165) is 0 Å². The maximum atomic E-state index is 11.4. The summed E-state index contributed by atoms with van der Waals surface area (Å²) < 4.78 is 0. The van der Waals surface area contributed by atoms with Crippen molar-refractivity contribution >= 4 is 5.97 Å². The van der Waals surface area contributed by atoms with E-state index in [2.05, 4.69) is 0 Å². The Kier molecular flexibility index (Phi) is 2.74. The number of aliphatic hydroxyl groups excluding tert-OH is 2. The summed E-state index contributed by atoms with van der Waals surface area (Å²) in [5.74, 6) is -1.27. The van der Waals surface area contributed by atoms with E-state index < -0.39 is 18.2 Å². The van der Waals surface area contributed by atoms with Crippen LogP contribution in [0.5, 0.6) is 5.75 Å². The lowest BCUT2D eigenvalue weighted by atomic mass is 9.79. The minimum Gasteiger partial charge on any atom is -0.507 e. The second kappa shape index (κ2) is 4.33. The summed E-state index contributed by atoms with van der Waals surface area (Å²) in [5, 5.41) is 39.6. The number of aromatic hydroxyl groups is 1. The summed E-state index contributed by atoms with van der Waals surface area (Å²) in [7, 11) is 0. The van der Waals surface area contributed by atoms with E-state index in [0.29, 0.717) is 11.1 Å². The molecule has 0 saturated carbocycles. The molecule has 0 spiro atoms. The fourth-order valence-corrected chi connectivity index (χ4v) is 2.69. The molecular weight excluding hydrogens is 260 g/mol. The zero-order valence-corrected chi connectivity index (χ0v) is 10.3. The number of benzene rings is 2. The Morgan fingerprint density at radius 3 is 2.05 bits per heavy atom. The van der Waals surface area contributed by atoms with E-state index in [-0.39, 0.29) is 22.4 Å². The van der Waals surface area contributed by atoms with Gasteiger partial charge in [-0.15, -0.1) is 0 Å². The van der Waals surface area contributed by atoms with Crippen molar-refractivity contribution in [3.8, 4) is 16.9 Å². The third-order valence-electron chi connectivity index (χ3n) is 3.59. The lowest BCUT2D eigenvalue weighted by molar-refractivity contribution is 0.0155. The van der Waals surface area contributed by atoms with Crippen LogP contribution in [0.4, 0.5) is 0 Å². The lowest BCUT2D eigenvalue weighted by Gasteiger charge is -2.30. The van der Waals surface area contributed by atoms with Gasteiger partial charge in [-0.2, -0.15) is 0 Å². The van der Waals surface area contributed by atoms with Crippen LogP contribution in [0.2, 0.25) is 0 Å². The molecule has 2 aromatic carbocycles. The normalized spacial score (nSPS) is 20.1. The SMILES string of the molecule is O=C(O)c1cccc2c1-c1c(O)cccc1C(O)C2O. The molecule has 0 saturated heterocycles. The van der Waals surface area contributed by atoms with Crippen LogP contribution in [-0.4, -0.2) is 26.4 Å². The van der Waals surface area contributed by atoms with Crippen molar-refractivity contribution in [2.45, 2.75) is 12.2 Å². The second-order valence-corrected chi connectivity index (χ2v) is 4.71. The highest BCUT2D eigenvalue weighted by Crippen LogP contribution is 2.49. The second-order valence-electron chi connectivity index (χ2n) is 4.71. The Labute approximate surface area is 114 Å². The number of carboxylic acid groups (broad SMARTS) is 1. The van der Waals surface area contributed by atoms with Gasteiger partial charge in [-0.25, -0.2) is 4.79 Å². The smallest absolute Gasteiger partial charge is 0.336 e. The Morgan fingerprint density at radius 1 is 0.900 bits per heavy atom. The van der Waals surface area contributed by atoms with E-state index in [1.54, 1.807) is 18.2 Å². The van der Waals surface area contributed by atoms with E-state index in [1.165, 1.54) is 18.2 Å². The van der Waals surface area contributed by atoms with Crippen molar-refractivity contribution in [1.29, 1.82) is 0 Å². The molecule has 102 valence electrons. The first kappa shape index (κ1) is 12.7. The standard InChI is InChI=1S/C15H12O5/c16-10-6-2-4-8-12(10)11-7(13(17)14(8)18)3-1-5-9(11)15(19)20/h1-6,13-14,16-18H,(H,19,20). The van der Waals surface area contributed by atoms with Gasteiger partial charge in [0, 0.05) is 11.1 Å². The van der Waals surface area contributed by atoms with Crippen molar-refractivity contribution in [3.05, 3.63) is 53.1 Å². The van der Waals surface area contributed by atoms with Crippen LogP contribution >= 0.6 is 0 Å². The van der Waals surface area contributed by atoms with Gasteiger partial charge in [-0.1, -0.05) is 24.3 Å². The van der Waals surface area contributed by atoms with E-state index >= 15 is 0 Å². The molecule has 2 unspecified atom stereocenters. The molecular formula is C15H12O5. The van der Waals surface area contributed by atoms with E-state index in [1.807, 2.05) is 0 Å². The van der Waals surface area contributed by atoms with Gasteiger partial charge in [0.15, 0.2) is 0 Å². The average molecular weight is 272 g/mol. The summed E-state index contributed by atoms with van der Waals surface area (Å²) in [4.78, 5) is 11.4. The Morgan fingerprint density at radius 2 is 1.45 bits per heavy atom. The average Bonchev–Trinajstić information content (AvgIpc) is 2.43. The van der Waals surface area contributed by atoms with Crippen molar-refractivity contribution in [1.82, 2.24) is 0 Å². The summed E-state index contributed by atoms with van der Waals surface area (Å²) in [6, 6.07) is 8.98. The molecule has 3 rings (SSSR count). The number of rotatable bonds is 1. The molecule has 0 fully saturated rings. The minimum atomic E-state index is -1.22. The molecule has 20 heavy (non-hydrogen) atoms. The Balaban J connectivity index is 2.43. The number of phenols is 1. The van der Waals surface area contributed by atoms with Gasteiger partial charge in [0.2, 0.25) is 0 Å². The summed E-state index contributed by atoms with van der Waals surface area (Å²) in [6.07, 6.45) is -2.42. The van der Waals surface area contributed by atoms with E-state index in [9.17, 15) is 25.2 Å². The molecule has 5 nitrogen and oxygen atoms in total. The number of aliphatic hydroxyl groups is 2. The molecule has 0 aromatic heterocycles. The number of fused-ring (bicyclic) bond motifs is 3. The first-order valence-electron chi connectivity index (χ1n) is 6.07. The topological polar surface area (TPSA) is 98.0 Å². The van der Waals surface area contributed by atoms with Gasteiger partial charge in [0.25, 0.3) is 0 Å². The van der Waals surface area contributed by atoms with Gasteiger partial charge < -0.3 is 20.4 Å². The predicted octanol–water partition coefficient (Wildman–Crippen LogP) is 1.84. The van der Waals surface area contributed by atoms with Gasteiger partial charge in [-0.3, -0.25) is 0 Å². The third kappa shape index (κ3) is 1.61. The number of hydrogen-bond donors (Lipinski definition) is 4. The molecule has 0 radical (unpaired) electrons. The van der Waals surface area contributed by atoms with Crippen molar-refractivity contribution in [2.24, 2.45) is 0 Å². The molecule has 0 heterocycles. The third-order valence-corrected chi connectivity index (χ3v) is 3.59. The Hall–Kier alpha value is -2.37. The fourth-order valence-electron chi connectivity index (χ4n) is 2.69. The van der Waals surface area contributed by atoms with Gasteiger partial charge in [0.1, 0.15) is 18.0 Å². The molecule has 0 aliphatic heterocycles. The van der Waals surface area contributed by atoms with Gasteiger partial charge in [-0.05, 0) is 23.3 Å². The maximum absolute atomic E-state index is 11.4. The molecule has 0 amide bonds. The van der Waals surface area contributed by atoms with Crippen molar-refractivity contribution in [3.63, 3.8) is 0 Å². The summed E-state index contributed by atoms with van der Waals surface area (Å²) in [5.41, 5.74) is 1.12. The summed E-state index contributed by atoms with van der Waals surface area (Å²) >= 11 is 0. The number of aromatic carboxylic acids is 1. The largest absolute Gasteiger partial charge is 0.507 e. The zero-order valence-electron chi connectivity index (χ0n) is 10.3. The number of carbonyl (C=O) groups is 1. The quantitative estimate of drug-likeness (QED) is 0.635. The molecule has 4 N–H and O–H groups in total. The van der Waals surface area contributed by atoms with Crippen LogP contribution in [-0.2, 0) is 0 Å². The fraction of sp³-hybridized carbons (Fsp3) is 0.133. The van der Waals surface area contributed by atoms with Crippen molar-refractivity contribution in [2.75, 3.05) is 0 Å². The van der Waals surface area contributed by atoms with Crippen LogP contribution in [0.15, 0.2) is 36.4 Å². The van der Waals surface area contributed by atoms with Crippen LogP contribution in [0, 0.1) is 0 Å². The maximum Gasteiger partial charge on any atom is 0.336 e. The number of hydrogen-bond acceptors (Lipinski definition) is 4. The molecule has 1 aliphatic rings. The van der Waals surface area contributed by atoms with Crippen LogP contribution in [0.25, 0.3) is 11.1 Å². The Bertz CT molecular complexity index is 707. The predicted molar refractivity (Wildman–Crippen MR) is 70.4 cm³/mol. The molecule has 2 atom stereocenters. The van der Waals surface area contributed by atoms with Crippen LogP contribution < -0.4 is 0 Å². The van der Waals surface area contributed by atoms with Crippen LogP contribution in [0.1, 0.15) is 33.7 Å². The highest BCUT2D eigenvalue weighted by Gasteiger charge is 2.35. The highest BCUT2D eigenvalue weighted by molar-refractivity contribution is 5.99. The van der Waals surface area contributed by atoms with E-state index in [4.69, 9.17) is 0 Å². The molecule has 0 bridgehead atoms. The first-order valence-corrected chi connectivity index (χ1v) is 6.07. The zero-order chi connectivity index (χ0) is 14.4. The van der Waals surface area contributed by atoms with Gasteiger partial charge >= 0.3 is 5.97 Å². The van der Waals surface area contributed by atoms with Crippen LogP contribution in [0.3, 0.4) is 0 Å². The monoisotopic (exact) mass is 272 g/mol. The first-order chi connectivity index (χ1) is 9.52. The molecule has 1 aliphatic carbocycles. The highest BCUT2D eigenvalue weighted by atomic mass is 16.4.